The van der Waals surface area contributed by atoms with Crippen molar-refractivity contribution in [3.8, 4) is 0 Å². The van der Waals surface area contributed by atoms with Gasteiger partial charge in [0.05, 0.1) is 12.3 Å². The Morgan fingerprint density at radius 2 is 2.08 bits per heavy atom. The maximum Gasteiger partial charge on any atom is 0.234 e. The van der Waals surface area contributed by atoms with Gasteiger partial charge in [0.25, 0.3) is 0 Å². The molecule has 0 saturated heterocycles. The predicted octanol–water partition coefficient (Wildman–Crippen LogP) is 4.45. The number of nitrogens with zero attached hydrogens (tertiary/aromatic N) is 2. The van der Waals surface area contributed by atoms with Crippen LogP contribution >= 0.6 is 23.4 Å². The number of hydrogen-bond donors (Lipinski definition) is 1. The zero-order valence-corrected chi connectivity index (χ0v) is 14.7. The summed E-state index contributed by atoms with van der Waals surface area (Å²) in [4.78, 5) is 16.3. The lowest BCUT2D eigenvalue weighted by Crippen LogP contribution is -2.14. The molecule has 3 rings (SSSR count). The Hall–Kier alpha value is -2.31. The molecule has 7 heteroatoms. The van der Waals surface area contributed by atoms with Crippen molar-refractivity contribution in [1.29, 1.82) is 0 Å². The second kappa shape index (κ2) is 8.18. The summed E-state index contributed by atoms with van der Waals surface area (Å²) >= 11 is 7.50. The van der Waals surface area contributed by atoms with Crippen LogP contribution in [0.25, 0.3) is 0 Å². The monoisotopic (exact) mass is 375 g/mol. The molecule has 0 bridgehead atoms. The standard InChI is InChI=1S/C18H15ClFN3OS/c19-16-7-2-1-4-13(16)11-23-9-8-21-18(23)25-12-17(24)22-15-6-3-5-14(20)10-15/h1-10H,11-12H2,(H,22,24). The molecule has 0 fully saturated rings. The summed E-state index contributed by atoms with van der Waals surface area (Å²) in [7, 11) is 0. The number of nitrogens with one attached hydrogen (secondary N) is 1. The molecule has 0 aliphatic carbocycles. The lowest BCUT2D eigenvalue weighted by Gasteiger charge is -2.09. The number of thioether (sulfide) groups is 1. The molecule has 0 aliphatic rings. The predicted molar refractivity (Wildman–Crippen MR) is 98.5 cm³/mol. The highest BCUT2D eigenvalue weighted by molar-refractivity contribution is 7.99. The van der Waals surface area contributed by atoms with Crippen LogP contribution in [0.1, 0.15) is 5.56 Å². The van der Waals surface area contributed by atoms with E-state index in [0.29, 0.717) is 22.4 Å². The van der Waals surface area contributed by atoms with Gasteiger partial charge in [0.2, 0.25) is 5.91 Å². The Balaban J connectivity index is 1.60. The molecule has 1 amide bonds. The van der Waals surface area contributed by atoms with E-state index in [0.717, 1.165) is 5.56 Å². The van der Waals surface area contributed by atoms with Crippen molar-refractivity contribution in [3.63, 3.8) is 0 Å². The van der Waals surface area contributed by atoms with Gasteiger partial charge in [-0.25, -0.2) is 9.37 Å². The number of carbonyl (C=O) groups is 1. The molecule has 25 heavy (non-hydrogen) atoms. The van der Waals surface area contributed by atoms with Crippen molar-refractivity contribution < 1.29 is 9.18 Å². The Morgan fingerprint density at radius 3 is 2.88 bits per heavy atom. The van der Waals surface area contributed by atoms with E-state index in [1.807, 2.05) is 35.0 Å². The average Bonchev–Trinajstić information content (AvgIpc) is 3.02. The van der Waals surface area contributed by atoms with Gasteiger partial charge in [0.15, 0.2) is 5.16 Å². The third-order valence-electron chi connectivity index (χ3n) is 3.42. The van der Waals surface area contributed by atoms with Crippen molar-refractivity contribution in [2.75, 3.05) is 11.1 Å². The van der Waals surface area contributed by atoms with Crippen LogP contribution in [0.15, 0.2) is 66.1 Å². The molecule has 2 aromatic carbocycles. The number of carbonyl (C=O) groups excluding carboxylic acids is 1. The van der Waals surface area contributed by atoms with Crippen molar-refractivity contribution in [2.24, 2.45) is 0 Å². The number of benzene rings is 2. The van der Waals surface area contributed by atoms with Gasteiger partial charge in [-0.2, -0.15) is 0 Å². The number of amides is 1. The molecule has 0 unspecified atom stereocenters. The third-order valence-corrected chi connectivity index (χ3v) is 4.79. The van der Waals surface area contributed by atoms with Crippen LogP contribution in [-0.4, -0.2) is 21.2 Å². The van der Waals surface area contributed by atoms with Crippen molar-refractivity contribution in [1.82, 2.24) is 9.55 Å². The third kappa shape index (κ3) is 4.84. The van der Waals surface area contributed by atoms with Gasteiger partial charge < -0.3 is 9.88 Å². The summed E-state index contributed by atoms with van der Waals surface area (Å²) in [6.45, 7) is 0.577. The number of aromatic nitrogens is 2. The molecule has 0 atom stereocenters. The average molecular weight is 376 g/mol. The van der Waals surface area contributed by atoms with Crippen LogP contribution in [-0.2, 0) is 11.3 Å². The molecule has 0 aliphatic heterocycles. The molecule has 0 spiro atoms. The van der Waals surface area contributed by atoms with Crippen LogP contribution in [0.4, 0.5) is 10.1 Å². The maximum atomic E-state index is 13.1. The van der Waals surface area contributed by atoms with Crippen LogP contribution < -0.4 is 5.32 Å². The molecular weight excluding hydrogens is 361 g/mol. The first-order valence-electron chi connectivity index (χ1n) is 7.54. The van der Waals surface area contributed by atoms with Gasteiger partial charge in [-0.1, -0.05) is 47.6 Å². The molecule has 1 N–H and O–H groups in total. The Labute approximate surface area is 154 Å². The largest absolute Gasteiger partial charge is 0.325 e. The number of rotatable bonds is 6. The Morgan fingerprint density at radius 1 is 1.24 bits per heavy atom. The van der Waals surface area contributed by atoms with Crippen LogP contribution in [0.2, 0.25) is 5.02 Å². The van der Waals surface area contributed by atoms with E-state index in [-0.39, 0.29) is 17.5 Å². The molecule has 128 valence electrons. The van der Waals surface area contributed by atoms with Gasteiger partial charge >= 0.3 is 0 Å². The van der Waals surface area contributed by atoms with Gasteiger partial charge in [-0.05, 0) is 29.8 Å². The first-order chi connectivity index (χ1) is 12.1. The Kier molecular flexibility index (Phi) is 5.73. The number of anilines is 1. The second-order valence-corrected chi connectivity index (χ2v) is 6.63. The fourth-order valence-electron chi connectivity index (χ4n) is 2.26. The number of imidazole rings is 1. The molecule has 4 nitrogen and oxygen atoms in total. The van der Waals surface area contributed by atoms with Gasteiger partial charge in [-0.15, -0.1) is 0 Å². The molecule has 1 aromatic heterocycles. The molecule has 0 saturated carbocycles. The van der Waals surface area contributed by atoms with Gasteiger partial charge in [-0.3, -0.25) is 4.79 Å². The van der Waals surface area contributed by atoms with E-state index >= 15 is 0 Å². The van der Waals surface area contributed by atoms with Crippen molar-refractivity contribution in [3.05, 3.63) is 77.3 Å². The minimum atomic E-state index is -0.388. The highest BCUT2D eigenvalue weighted by Crippen LogP contribution is 2.21. The number of hydrogen-bond acceptors (Lipinski definition) is 3. The fourth-order valence-corrected chi connectivity index (χ4v) is 3.21. The summed E-state index contributed by atoms with van der Waals surface area (Å²) in [6.07, 6.45) is 3.53. The van der Waals surface area contributed by atoms with Crippen LogP contribution in [0, 0.1) is 5.82 Å². The normalized spacial score (nSPS) is 10.6. The highest BCUT2D eigenvalue weighted by Gasteiger charge is 2.10. The SMILES string of the molecule is O=C(CSc1nccn1Cc1ccccc1Cl)Nc1cccc(F)c1. The maximum absolute atomic E-state index is 13.1. The van der Waals surface area contributed by atoms with E-state index in [1.54, 1.807) is 18.3 Å². The topological polar surface area (TPSA) is 46.9 Å². The zero-order valence-electron chi connectivity index (χ0n) is 13.2. The molecule has 0 radical (unpaired) electrons. The van der Waals surface area contributed by atoms with E-state index in [1.165, 1.54) is 23.9 Å². The lowest BCUT2D eigenvalue weighted by atomic mass is 10.2. The lowest BCUT2D eigenvalue weighted by molar-refractivity contribution is -0.113. The number of halogens is 2. The zero-order chi connectivity index (χ0) is 17.6. The molecular formula is C18H15ClFN3OS. The fraction of sp³-hybridized carbons (Fsp3) is 0.111. The van der Waals surface area contributed by atoms with Gasteiger partial charge in [0.1, 0.15) is 5.82 Å². The first-order valence-corrected chi connectivity index (χ1v) is 8.91. The van der Waals surface area contributed by atoms with E-state index in [2.05, 4.69) is 10.3 Å². The van der Waals surface area contributed by atoms with E-state index in [4.69, 9.17) is 11.6 Å². The minimum Gasteiger partial charge on any atom is -0.325 e. The van der Waals surface area contributed by atoms with E-state index < -0.39 is 0 Å². The highest BCUT2D eigenvalue weighted by atomic mass is 35.5. The van der Waals surface area contributed by atoms with Crippen molar-refractivity contribution >= 4 is 35.0 Å². The molecule has 1 heterocycles. The molecule has 3 aromatic rings. The minimum absolute atomic E-state index is 0.177. The second-order valence-electron chi connectivity index (χ2n) is 5.28. The Bertz CT molecular complexity index is 884. The quantitative estimate of drug-likeness (QED) is 0.647. The first kappa shape index (κ1) is 17.5. The van der Waals surface area contributed by atoms with Gasteiger partial charge in [0, 0.05) is 23.1 Å². The summed E-state index contributed by atoms with van der Waals surface area (Å²) in [5, 5.41) is 4.07. The van der Waals surface area contributed by atoms with Crippen LogP contribution in [0.5, 0.6) is 0 Å². The summed E-state index contributed by atoms with van der Waals surface area (Å²) in [6, 6.07) is 13.4. The van der Waals surface area contributed by atoms with Crippen LogP contribution in [0.3, 0.4) is 0 Å². The van der Waals surface area contributed by atoms with E-state index in [9.17, 15) is 9.18 Å². The van der Waals surface area contributed by atoms with Crippen molar-refractivity contribution in [2.45, 2.75) is 11.7 Å². The summed E-state index contributed by atoms with van der Waals surface area (Å²) in [5.74, 6) is -0.431. The summed E-state index contributed by atoms with van der Waals surface area (Å²) < 4.78 is 15.1. The summed E-state index contributed by atoms with van der Waals surface area (Å²) in [5.41, 5.74) is 1.42. The smallest absolute Gasteiger partial charge is 0.234 e.